The van der Waals surface area contributed by atoms with Crippen molar-refractivity contribution in [3.8, 4) is 11.8 Å². The monoisotopic (exact) mass is 282 g/mol. The number of aryl methyl sites for hydroxylation is 1. The molecule has 0 fully saturated rings. The standard InChI is InChI=1S/C15H20F2N2O/c1-11(9-18)10-19-12(2)3-4-13-5-7-14(8-6-13)20-15(16)17/h5-8,11-12,15,19H,3-4,10H2,1-2H3. The lowest BCUT2D eigenvalue weighted by Gasteiger charge is -2.14. The Bertz CT molecular complexity index is 428. The first-order valence-electron chi connectivity index (χ1n) is 6.68. The fourth-order valence-electron chi connectivity index (χ4n) is 1.75. The molecule has 0 aliphatic heterocycles. The van der Waals surface area contributed by atoms with E-state index in [9.17, 15) is 8.78 Å². The van der Waals surface area contributed by atoms with Crippen LogP contribution >= 0.6 is 0 Å². The maximum absolute atomic E-state index is 12.0. The van der Waals surface area contributed by atoms with E-state index in [0.717, 1.165) is 18.4 Å². The maximum Gasteiger partial charge on any atom is 0.387 e. The van der Waals surface area contributed by atoms with Gasteiger partial charge in [-0.25, -0.2) is 0 Å². The van der Waals surface area contributed by atoms with Crippen molar-refractivity contribution in [2.24, 2.45) is 5.92 Å². The number of hydrogen-bond acceptors (Lipinski definition) is 3. The van der Waals surface area contributed by atoms with Crippen LogP contribution in [-0.2, 0) is 6.42 Å². The second-order valence-corrected chi connectivity index (χ2v) is 4.90. The normalized spacial score (nSPS) is 13.8. The summed E-state index contributed by atoms with van der Waals surface area (Å²) in [5, 5.41) is 12.0. The summed E-state index contributed by atoms with van der Waals surface area (Å²) in [6, 6.07) is 9.18. The number of alkyl halides is 2. The first-order chi connectivity index (χ1) is 9.51. The van der Waals surface area contributed by atoms with Gasteiger partial charge < -0.3 is 10.1 Å². The van der Waals surface area contributed by atoms with Gasteiger partial charge in [0, 0.05) is 12.6 Å². The molecule has 0 heterocycles. The van der Waals surface area contributed by atoms with Gasteiger partial charge in [0.05, 0.1) is 12.0 Å². The highest BCUT2D eigenvalue weighted by Gasteiger charge is 2.06. The number of halogens is 2. The molecule has 1 rings (SSSR count). The SMILES string of the molecule is CC(C#N)CNC(C)CCc1ccc(OC(F)F)cc1. The molecule has 2 unspecified atom stereocenters. The average Bonchev–Trinajstić information content (AvgIpc) is 2.43. The van der Waals surface area contributed by atoms with E-state index >= 15 is 0 Å². The van der Waals surface area contributed by atoms with Gasteiger partial charge in [0.2, 0.25) is 0 Å². The van der Waals surface area contributed by atoms with Crippen molar-refractivity contribution in [1.29, 1.82) is 5.26 Å². The van der Waals surface area contributed by atoms with Crippen molar-refractivity contribution in [2.45, 2.75) is 39.3 Å². The van der Waals surface area contributed by atoms with Crippen LogP contribution < -0.4 is 10.1 Å². The van der Waals surface area contributed by atoms with Gasteiger partial charge in [-0.1, -0.05) is 12.1 Å². The highest BCUT2D eigenvalue weighted by Crippen LogP contribution is 2.16. The van der Waals surface area contributed by atoms with E-state index in [-0.39, 0.29) is 11.7 Å². The highest BCUT2D eigenvalue weighted by molar-refractivity contribution is 5.27. The number of ether oxygens (including phenoxy) is 1. The Morgan fingerprint density at radius 3 is 2.45 bits per heavy atom. The molecule has 1 aromatic rings. The molecule has 0 radical (unpaired) electrons. The number of nitrogens with zero attached hydrogens (tertiary/aromatic N) is 1. The molecule has 5 heteroatoms. The Kier molecular flexibility index (Phi) is 6.96. The minimum absolute atomic E-state index is 0.00299. The van der Waals surface area contributed by atoms with Gasteiger partial charge in [-0.2, -0.15) is 14.0 Å². The zero-order valence-electron chi connectivity index (χ0n) is 11.8. The van der Waals surface area contributed by atoms with Crippen LogP contribution in [0.1, 0.15) is 25.8 Å². The molecule has 0 amide bonds. The predicted octanol–water partition coefficient (Wildman–Crippen LogP) is 3.36. The van der Waals surface area contributed by atoms with Crippen molar-refractivity contribution in [3.05, 3.63) is 29.8 Å². The Morgan fingerprint density at radius 2 is 1.90 bits per heavy atom. The van der Waals surface area contributed by atoms with Gasteiger partial charge in [-0.3, -0.25) is 0 Å². The number of benzene rings is 1. The van der Waals surface area contributed by atoms with Crippen LogP contribution in [0.4, 0.5) is 8.78 Å². The van der Waals surface area contributed by atoms with Crippen LogP contribution in [0.5, 0.6) is 5.75 Å². The van der Waals surface area contributed by atoms with Crippen molar-refractivity contribution < 1.29 is 13.5 Å². The van der Waals surface area contributed by atoms with E-state index in [1.807, 2.05) is 6.92 Å². The molecule has 1 N–H and O–H groups in total. The number of rotatable bonds is 8. The van der Waals surface area contributed by atoms with E-state index in [1.54, 1.807) is 24.3 Å². The first kappa shape index (κ1) is 16.4. The smallest absolute Gasteiger partial charge is 0.387 e. The molecule has 0 aromatic heterocycles. The highest BCUT2D eigenvalue weighted by atomic mass is 19.3. The molecular weight excluding hydrogens is 262 g/mol. The summed E-state index contributed by atoms with van der Waals surface area (Å²) in [6.45, 7) is 1.84. The van der Waals surface area contributed by atoms with E-state index in [1.165, 1.54) is 0 Å². The minimum Gasteiger partial charge on any atom is -0.435 e. The van der Waals surface area contributed by atoms with Crippen LogP contribution in [0.2, 0.25) is 0 Å². The van der Waals surface area contributed by atoms with E-state index < -0.39 is 6.61 Å². The maximum atomic E-state index is 12.0. The predicted molar refractivity (Wildman–Crippen MR) is 73.6 cm³/mol. The Labute approximate surface area is 118 Å². The third-order valence-electron chi connectivity index (χ3n) is 3.01. The van der Waals surface area contributed by atoms with Crippen molar-refractivity contribution in [2.75, 3.05) is 6.54 Å². The molecule has 0 saturated carbocycles. The van der Waals surface area contributed by atoms with Crippen LogP contribution in [0.15, 0.2) is 24.3 Å². The first-order valence-corrected chi connectivity index (χ1v) is 6.68. The lowest BCUT2D eigenvalue weighted by atomic mass is 10.1. The van der Waals surface area contributed by atoms with Crippen LogP contribution in [0, 0.1) is 17.2 Å². The molecular formula is C15H20F2N2O. The van der Waals surface area contributed by atoms with E-state index in [0.29, 0.717) is 12.6 Å². The zero-order chi connectivity index (χ0) is 15.0. The molecule has 3 nitrogen and oxygen atoms in total. The second-order valence-electron chi connectivity index (χ2n) is 4.90. The third kappa shape index (κ3) is 6.48. The van der Waals surface area contributed by atoms with Crippen molar-refractivity contribution in [1.82, 2.24) is 5.32 Å². The lowest BCUT2D eigenvalue weighted by Crippen LogP contribution is -2.30. The summed E-state index contributed by atoms with van der Waals surface area (Å²) < 4.78 is 28.3. The van der Waals surface area contributed by atoms with E-state index in [4.69, 9.17) is 5.26 Å². The van der Waals surface area contributed by atoms with Gasteiger partial charge in [-0.05, 0) is 44.4 Å². The summed E-state index contributed by atoms with van der Waals surface area (Å²) >= 11 is 0. The number of nitriles is 1. The molecule has 1 aromatic carbocycles. The zero-order valence-corrected chi connectivity index (χ0v) is 11.8. The fourth-order valence-corrected chi connectivity index (χ4v) is 1.75. The quantitative estimate of drug-likeness (QED) is 0.795. The topological polar surface area (TPSA) is 45.0 Å². The van der Waals surface area contributed by atoms with Gasteiger partial charge in [0.1, 0.15) is 5.75 Å². The molecule has 0 aliphatic carbocycles. The van der Waals surface area contributed by atoms with E-state index in [2.05, 4.69) is 23.0 Å². The summed E-state index contributed by atoms with van der Waals surface area (Å²) in [5.41, 5.74) is 1.08. The Hall–Kier alpha value is -1.67. The molecule has 20 heavy (non-hydrogen) atoms. The average molecular weight is 282 g/mol. The molecule has 0 spiro atoms. The molecule has 110 valence electrons. The van der Waals surface area contributed by atoms with Gasteiger partial charge in [0.15, 0.2) is 0 Å². The molecule has 2 atom stereocenters. The second kappa shape index (κ2) is 8.49. The number of nitrogens with one attached hydrogen (secondary N) is 1. The van der Waals surface area contributed by atoms with Gasteiger partial charge >= 0.3 is 6.61 Å². The van der Waals surface area contributed by atoms with Crippen molar-refractivity contribution in [3.63, 3.8) is 0 Å². The number of hydrogen-bond donors (Lipinski definition) is 1. The summed E-state index contributed by atoms with van der Waals surface area (Å²) in [4.78, 5) is 0. The molecule has 0 saturated heterocycles. The largest absolute Gasteiger partial charge is 0.435 e. The van der Waals surface area contributed by atoms with Gasteiger partial charge in [0.25, 0.3) is 0 Å². The summed E-state index contributed by atoms with van der Waals surface area (Å²) in [6.07, 6.45) is 1.78. The van der Waals surface area contributed by atoms with Crippen LogP contribution in [0.3, 0.4) is 0 Å². The third-order valence-corrected chi connectivity index (χ3v) is 3.01. The minimum atomic E-state index is -2.79. The van der Waals surface area contributed by atoms with Crippen molar-refractivity contribution >= 4 is 0 Å². The Morgan fingerprint density at radius 1 is 1.25 bits per heavy atom. The van der Waals surface area contributed by atoms with Gasteiger partial charge in [-0.15, -0.1) is 0 Å². The molecule has 0 aliphatic rings. The lowest BCUT2D eigenvalue weighted by molar-refractivity contribution is -0.0498. The Balaban J connectivity index is 2.32. The summed E-state index contributed by atoms with van der Waals surface area (Å²) in [7, 11) is 0. The fraction of sp³-hybridized carbons (Fsp3) is 0.533. The molecule has 0 bridgehead atoms. The summed E-state index contributed by atoms with van der Waals surface area (Å²) in [5.74, 6) is 0.181. The van der Waals surface area contributed by atoms with Crippen LogP contribution in [0.25, 0.3) is 0 Å². The van der Waals surface area contributed by atoms with Crippen LogP contribution in [-0.4, -0.2) is 19.2 Å².